The number of hydrogen-bond acceptors (Lipinski definition) is 5. The van der Waals surface area contributed by atoms with Crippen LogP contribution in [0, 0.1) is 10.1 Å². The number of hydrogen-bond donors (Lipinski definition) is 1. The monoisotopic (exact) mass is 261 g/mol. The second-order valence-electron chi connectivity index (χ2n) is 4.31. The van der Waals surface area contributed by atoms with Gasteiger partial charge >= 0.3 is 0 Å². The van der Waals surface area contributed by atoms with Crippen LogP contribution in [0.15, 0.2) is 30.6 Å². The Morgan fingerprint density at radius 1 is 1.42 bits per heavy atom. The molecule has 0 aliphatic rings. The van der Waals surface area contributed by atoms with E-state index < -0.39 is 4.92 Å². The minimum absolute atomic E-state index is 0.0810. The molecule has 1 heterocycles. The maximum atomic E-state index is 10.6. The van der Waals surface area contributed by atoms with E-state index in [4.69, 9.17) is 0 Å². The van der Waals surface area contributed by atoms with Gasteiger partial charge in [-0.15, -0.1) is 10.2 Å². The summed E-state index contributed by atoms with van der Waals surface area (Å²) in [7, 11) is 1.88. The van der Waals surface area contributed by atoms with Gasteiger partial charge in [0.25, 0.3) is 5.69 Å². The molecule has 100 valence electrons. The number of nitro benzene ring substituents is 1. The third-order valence-electron chi connectivity index (χ3n) is 2.98. The molecule has 1 unspecified atom stereocenters. The lowest BCUT2D eigenvalue weighted by molar-refractivity contribution is -0.384. The first-order valence-electron chi connectivity index (χ1n) is 5.88. The van der Waals surface area contributed by atoms with Crippen LogP contribution in [-0.2, 0) is 13.6 Å². The largest absolute Gasteiger partial charge is 0.320 e. The Labute approximate surface area is 110 Å². The summed E-state index contributed by atoms with van der Waals surface area (Å²) in [4.78, 5) is 10.2. The van der Waals surface area contributed by atoms with Crippen LogP contribution in [0.3, 0.4) is 0 Å². The molecule has 1 aromatic carbocycles. The summed E-state index contributed by atoms with van der Waals surface area (Å²) in [6, 6.07) is 6.61. The van der Waals surface area contributed by atoms with Gasteiger partial charge < -0.3 is 9.88 Å². The number of benzene rings is 1. The molecule has 0 radical (unpaired) electrons. The topological polar surface area (TPSA) is 85.9 Å². The average Bonchev–Trinajstić information content (AvgIpc) is 2.81. The number of nitrogens with zero attached hydrogens (tertiary/aromatic N) is 4. The van der Waals surface area contributed by atoms with Crippen LogP contribution in [0.25, 0.3) is 0 Å². The summed E-state index contributed by atoms with van der Waals surface area (Å²) in [5, 5.41) is 21.7. The van der Waals surface area contributed by atoms with Gasteiger partial charge in [0.1, 0.15) is 12.2 Å². The zero-order chi connectivity index (χ0) is 13.8. The lowest BCUT2D eigenvalue weighted by atomic mass is 10.1. The Balaban J connectivity index is 1.98. The summed E-state index contributed by atoms with van der Waals surface area (Å²) in [6.45, 7) is 2.59. The molecule has 0 saturated heterocycles. The lowest BCUT2D eigenvalue weighted by Gasteiger charge is -2.13. The van der Waals surface area contributed by atoms with E-state index in [2.05, 4.69) is 15.5 Å². The molecule has 2 rings (SSSR count). The van der Waals surface area contributed by atoms with Crippen LogP contribution < -0.4 is 5.32 Å². The Kier molecular flexibility index (Phi) is 3.86. The molecule has 7 nitrogen and oxygen atoms in total. The quantitative estimate of drug-likeness (QED) is 0.652. The molecule has 1 N–H and O–H groups in total. The van der Waals surface area contributed by atoms with Crippen molar-refractivity contribution in [3.05, 3.63) is 52.1 Å². The van der Waals surface area contributed by atoms with E-state index in [1.807, 2.05) is 18.5 Å². The summed E-state index contributed by atoms with van der Waals surface area (Å²) < 4.78 is 1.84. The molecule has 0 saturated carbocycles. The fourth-order valence-electron chi connectivity index (χ4n) is 1.71. The van der Waals surface area contributed by atoms with Gasteiger partial charge in [0.05, 0.1) is 11.5 Å². The van der Waals surface area contributed by atoms with Gasteiger partial charge in [0.15, 0.2) is 0 Å². The highest BCUT2D eigenvalue weighted by molar-refractivity contribution is 5.34. The number of aryl methyl sites for hydroxylation is 1. The number of nitro groups is 1. The highest BCUT2D eigenvalue weighted by atomic mass is 16.6. The molecule has 0 bridgehead atoms. The number of rotatable bonds is 5. The summed E-state index contributed by atoms with van der Waals surface area (Å²) in [6.07, 6.45) is 1.65. The van der Waals surface area contributed by atoms with E-state index >= 15 is 0 Å². The zero-order valence-corrected chi connectivity index (χ0v) is 10.8. The summed E-state index contributed by atoms with van der Waals surface area (Å²) >= 11 is 0. The third kappa shape index (κ3) is 3.14. The van der Waals surface area contributed by atoms with Gasteiger partial charge in [-0.1, -0.05) is 12.1 Å². The Morgan fingerprint density at radius 3 is 2.63 bits per heavy atom. The number of nitrogens with one attached hydrogen (secondary N) is 1. The molecule has 2 aromatic rings. The van der Waals surface area contributed by atoms with E-state index in [-0.39, 0.29) is 11.7 Å². The minimum atomic E-state index is -0.401. The van der Waals surface area contributed by atoms with Crippen molar-refractivity contribution in [2.24, 2.45) is 7.05 Å². The van der Waals surface area contributed by atoms with Crippen LogP contribution in [-0.4, -0.2) is 19.7 Å². The summed E-state index contributed by atoms with van der Waals surface area (Å²) in [5.41, 5.74) is 1.09. The standard InChI is InChI=1S/C12H15N5O2/c1-9(13-7-12-15-14-8-16(12)2)10-3-5-11(6-4-10)17(18)19/h3-6,8-9,13H,7H2,1-2H3. The zero-order valence-electron chi connectivity index (χ0n) is 10.8. The Hall–Kier alpha value is -2.28. The third-order valence-corrected chi connectivity index (χ3v) is 2.98. The molecule has 0 aliphatic heterocycles. The normalized spacial score (nSPS) is 12.3. The van der Waals surface area contributed by atoms with Crippen molar-refractivity contribution in [1.29, 1.82) is 0 Å². The molecule has 0 aliphatic carbocycles. The van der Waals surface area contributed by atoms with Crippen molar-refractivity contribution in [3.63, 3.8) is 0 Å². The highest BCUT2D eigenvalue weighted by Gasteiger charge is 2.09. The predicted octanol–water partition coefficient (Wildman–Crippen LogP) is 1.57. The van der Waals surface area contributed by atoms with Crippen LogP contribution >= 0.6 is 0 Å². The fourth-order valence-corrected chi connectivity index (χ4v) is 1.71. The van der Waals surface area contributed by atoms with Gasteiger partial charge in [0, 0.05) is 25.2 Å². The molecule has 0 fully saturated rings. The van der Waals surface area contributed by atoms with E-state index in [0.717, 1.165) is 11.4 Å². The minimum Gasteiger partial charge on any atom is -0.320 e. The Bertz CT molecular complexity index is 564. The summed E-state index contributed by atoms with van der Waals surface area (Å²) in [5.74, 6) is 0.841. The molecule has 0 spiro atoms. The SMILES string of the molecule is CC(NCc1nncn1C)c1ccc([N+](=O)[O-])cc1. The number of aromatic nitrogens is 3. The first-order chi connectivity index (χ1) is 9.08. The van der Waals surface area contributed by atoms with Crippen molar-refractivity contribution in [2.45, 2.75) is 19.5 Å². The van der Waals surface area contributed by atoms with E-state index in [1.54, 1.807) is 18.5 Å². The molecule has 1 aromatic heterocycles. The maximum absolute atomic E-state index is 10.6. The molecule has 1 atom stereocenters. The van der Waals surface area contributed by atoms with E-state index in [9.17, 15) is 10.1 Å². The molecule has 19 heavy (non-hydrogen) atoms. The van der Waals surface area contributed by atoms with Crippen LogP contribution in [0.4, 0.5) is 5.69 Å². The average molecular weight is 261 g/mol. The predicted molar refractivity (Wildman–Crippen MR) is 69.4 cm³/mol. The first-order valence-corrected chi connectivity index (χ1v) is 5.88. The van der Waals surface area contributed by atoms with Crippen molar-refractivity contribution in [3.8, 4) is 0 Å². The van der Waals surface area contributed by atoms with E-state index in [0.29, 0.717) is 6.54 Å². The van der Waals surface area contributed by atoms with Gasteiger partial charge in [0.2, 0.25) is 0 Å². The smallest absolute Gasteiger partial charge is 0.269 e. The Morgan fingerprint density at radius 2 is 2.11 bits per heavy atom. The van der Waals surface area contributed by atoms with Gasteiger partial charge in [-0.25, -0.2) is 0 Å². The number of non-ortho nitro benzene ring substituents is 1. The van der Waals surface area contributed by atoms with E-state index in [1.165, 1.54) is 12.1 Å². The first kappa shape index (κ1) is 13.2. The molecule has 0 amide bonds. The van der Waals surface area contributed by atoms with Crippen molar-refractivity contribution >= 4 is 5.69 Å². The fraction of sp³-hybridized carbons (Fsp3) is 0.333. The van der Waals surface area contributed by atoms with Gasteiger partial charge in [-0.3, -0.25) is 10.1 Å². The van der Waals surface area contributed by atoms with Crippen molar-refractivity contribution in [2.75, 3.05) is 0 Å². The molecular weight excluding hydrogens is 246 g/mol. The van der Waals surface area contributed by atoms with Crippen LogP contribution in [0.1, 0.15) is 24.4 Å². The molecule has 7 heteroatoms. The highest BCUT2D eigenvalue weighted by Crippen LogP contribution is 2.17. The second-order valence-corrected chi connectivity index (χ2v) is 4.31. The second kappa shape index (κ2) is 5.57. The lowest BCUT2D eigenvalue weighted by Crippen LogP contribution is -2.20. The van der Waals surface area contributed by atoms with Crippen LogP contribution in [0.5, 0.6) is 0 Å². The van der Waals surface area contributed by atoms with Gasteiger partial charge in [-0.2, -0.15) is 0 Å². The van der Waals surface area contributed by atoms with Crippen molar-refractivity contribution < 1.29 is 4.92 Å². The maximum Gasteiger partial charge on any atom is 0.269 e. The van der Waals surface area contributed by atoms with Crippen molar-refractivity contribution in [1.82, 2.24) is 20.1 Å². The van der Waals surface area contributed by atoms with Gasteiger partial charge in [-0.05, 0) is 12.5 Å². The molecular formula is C12H15N5O2. The van der Waals surface area contributed by atoms with Crippen LogP contribution in [0.2, 0.25) is 0 Å².